The fraction of sp³-hybridized carbons (Fsp3) is 0.542. The van der Waals surface area contributed by atoms with Crippen LogP contribution in [0, 0.1) is 0 Å². The van der Waals surface area contributed by atoms with Crippen LogP contribution in [0.1, 0.15) is 62.5 Å². The van der Waals surface area contributed by atoms with Crippen molar-refractivity contribution in [3.8, 4) is 17.4 Å². The molecule has 0 amide bonds. The summed E-state index contributed by atoms with van der Waals surface area (Å²) >= 11 is 0. The van der Waals surface area contributed by atoms with Gasteiger partial charge in [0.05, 0.1) is 13.2 Å². The second kappa shape index (κ2) is 9.31. The van der Waals surface area contributed by atoms with Gasteiger partial charge in [-0.1, -0.05) is 12.1 Å². The molecule has 2 aliphatic carbocycles. The SMILES string of the molecule is COc1ccc(CCc2cccnc2OC2CCCC2)cc1OC1CCCC1. The molecule has 2 fully saturated rings. The van der Waals surface area contributed by atoms with Crippen molar-refractivity contribution < 1.29 is 14.2 Å². The van der Waals surface area contributed by atoms with E-state index in [0.29, 0.717) is 12.2 Å². The summed E-state index contributed by atoms with van der Waals surface area (Å²) in [5.41, 5.74) is 2.44. The summed E-state index contributed by atoms with van der Waals surface area (Å²) in [6, 6.07) is 10.4. The predicted octanol–water partition coefficient (Wildman–Crippen LogP) is 5.52. The van der Waals surface area contributed by atoms with Crippen molar-refractivity contribution in [2.45, 2.75) is 76.4 Å². The number of benzene rings is 1. The Hall–Kier alpha value is -2.23. The van der Waals surface area contributed by atoms with Gasteiger partial charge in [-0.25, -0.2) is 4.98 Å². The number of methoxy groups -OCH3 is 1. The van der Waals surface area contributed by atoms with Gasteiger partial charge in [0.15, 0.2) is 11.5 Å². The summed E-state index contributed by atoms with van der Waals surface area (Å²) in [6.45, 7) is 0. The molecule has 2 saturated carbocycles. The topological polar surface area (TPSA) is 40.6 Å². The summed E-state index contributed by atoms with van der Waals surface area (Å²) in [6.07, 6.45) is 14.0. The van der Waals surface area contributed by atoms with Gasteiger partial charge in [-0.2, -0.15) is 0 Å². The van der Waals surface area contributed by atoms with Gasteiger partial charge in [-0.15, -0.1) is 0 Å². The summed E-state index contributed by atoms with van der Waals surface area (Å²) < 4.78 is 17.9. The summed E-state index contributed by atoms with van der Waals surface area (Å²) in [5.74, 6) is 2.51. The predicted molar refractivity (Wildman–Crippen MR) is 110 cm³/mol. The van der Waals surface area contributed by atoms with Crippen LogP contribution in [0.15, 0.2) is 36.5 Å². The highest BCUT2D eigenvalue weighted by atomic mass is 16.5. The van der Waals surface area contributed by atoms with E-state index in [-0.39, 0.29) is 0 Å². The van der Waals surface area contributed by atoms with Gasteiger partial charge in [-0.05, 0) is 88.0 Å². The zero-order chi connectivity index (χ0) is 19.2. The molecule has 1 aromatic carbocycles. The molecule has 0 saturated heterocycles. The summed E-state index contributed by atoms with van der Waals surface area (Å²) in [4.78, 5) is 4.50. The maximum atomic E-state index is 6.24. The first-order valence-electron chi connectivity index (χ1n) is 10.8. The zero-order valence-corrected chi connectivity index (χ0v) is 16.9. The van der Waals surface area contributed by atoms with Crippen LogP contribution in [0.2, 0.25) is 0 Å². The number of hydrogen-bond acceptors (Lipinski definition) is 4. The molecule has 0 spiro atoms. The maximum Gasteiger partial charge on any atom is 0.216 e. The molecule has 1 aromatic heterocycles. The largest absolute Gasteiger partial charge is 0.493 e. The third-order valence-corrected chi connectivity index (χ3v) is 5.94. The minimum atomic E-state index is 0.328. The van der Waals surface area contributed by atoms with Crippen LogP contribution in [0.4, 0.5) is 0 Å². The van der Waals surface area contributed by atoms with Crippen molar-refractivity contribution in [2.24, 2.45) is 0 Å². The smallest absolute Gasteiger partial charge is 0.216 e. The normalized spacial score (nSPS) is 17.8. The Labute approximate surface area is 168 Å². The first kappa shape index (κ1) is 19.1. The van der Waals surface area contributed by atoms with Crippen molar-refractivity contribution in [1.82, 2.24) is 4.98 Å². The Bertz CT molecular complexity index is 764. The van der Waals surface area contributed by atoms with E-state index in [0.717, 1.165) is 55.9 Å². The van der Waals surface area contributed by atoms with E-state index in [9.17, 15) is 0 Å². The third-order valence-electron chi connectivity index (χ3n) is 5.94. The summed E-state index contributed by atoms with van der Waals surface area (Å²) in [5, 5.41) is 0. The van der Waals surface area contributed by atoms with Gasteiger partial charge in [-0.3, -0.25) is 0 Å². The second-order valence-corrected chi connectivity index (χ2v) is 8.00. The lowest BCUT2D eigenvalue weighted by Gasteiger charge is -2.17. The van der Waals surface area contributed by atoms with E-state index in [1.807, 2.05) is 18.3 Å². The van der Waals surface area contributed by atoms with E-state index in [1.165, 1.54) is 36.8 Å². The lowest BCUT2D eigenvalue weighted by atomic mass is 10.0. The van der Waals surface area contributed by atoms with E-state index in [4.69, 9.17) is 14.2 Å². The molecule has 2 aromatic rings. The standard InChI is InChI=1S/C24H31NO3/c1-26-22-15-13-18(17-23(22)27-20-8-2-3-9-20)12-14-19-7-6-16-25-24(19)28-21-10-4-5-11-21/h6-7,13,15-17,20-21H,2-5,8-12,14H2,1H3. The number of rotatable bonds is 8. The van der Waals surface area contributed by atoms with E-state index in [1.54, 1.807) is 7.11 Å². The highest BCUT2D eigenvalue weighted by Gasteiger charge is 2.20. The molecule has 0 radical (unpaired) electrons. The van der Waals surface area contributed by atoms with Crippen molar-refractivity contribution in [1.29, 1.82) is 0 Å². The van der Waals surface area contributed by atoms with Crippen molar-refractivity contribution in [3.05, 3.63) is 47.7 Å². The van der Waals surface area contributed by atoms with Crippen LogP contribution in [0.25, 0.3) is 0 Å². The fourth-order valence-corrected chi connectivity index (χ4v) is 4.32. The van der Waals surface area contributed by atoms with Crippen LogP contribution in [0.5, 0.6) is 17.4 Å². The Balaban J connectivity index is 1.43. The monoisotopic (exact) mass is 381 g/mol. The zero-order valence-electron chi connectivity index (χ0n) is 16.9. The molecule has 150 valence electrons. The van der Waals surface area contributed by atoms with E-state index in [2.05, 4.69) is 23.2 Å². The van der Waals surface area contributed by atoms with Gasteiger partial charge in [0.1, 0.15) is 6.10 Å². The van der Waals surface area contributed by atoms with Crippen LogP contribution < -0.4 is 14.2 Å². The van der Waals surface area contributed by atoms with Crippen LogP contribution >= 0.6 is 0 Å². The molecule has 0 unspecified atom stereocenters. The molecule has 0 aliphatic heterocycles. The molecule has 28 heavy (non-hydrogen) atoms. The van der Waals surface area contributed by atoms with Crippen molar-refractivity contribution >= 4 is 0 Å². The molecular formula is C24H31NO3. The Morgan fingerprint density at radius 3 is 2.29 bits per heavy atom. The lowest BCUT2D eigenvalue weighted by molar-refractivity contribution is 0.199. The molecule has 4 nitrogen and oxygen atoms in total. The molecule has 2 aliphatic rings. The van der Waals surface area contributed by atoms with Gasteiger partial charge in [0.2, 0.25) is 5.88 Å². The Morgan fingerprint density at radius 1 is 0.857 bits per heavy atom. The molecule has 4 heteroatoms. The lowest BCUT2D eigenvalue weighted by Crippen LogP contribution is -2.13. The minimum absolute atomic E-state index is 0.328. The average Bonchev–Trinajstić information content (AvgIpc) is 3.42. The molecule has 0 bridgehead atoms. The van der Waals surface area contributed by atoms with Crippen molar-refractivity contribution in [3.63, 3.8) is 0 Å². The molecule has 4 rings (SSSR count). The minimum Gasteiger partial charge on any atom is -0.493 e. The average molecular weight is 382 g/mol. The highest BCUT2D eigenvalue weighted by Crippen LogP contribution is 2.33. The van der Waals surface area contributed by atoms with E-state index >= 15 is 0 Å². The Kier molecular flexibility index (Phi) is 6.35. The van der Waals surface area contributed by atoms with Crippen LogP contribution in [-0.4, -0.2) is 24.3 Å². The first-order valence-corrected chi connectivity index (χ1v) is 10.8. The van der Waals surface area contributed by atoms with Crippen LogP contribution in [-0.2, 0) is 12.8 Å². The van der Waals surface area contributed by atoms with Gasteiger partial charge < -0.3 is 14.2 Å². The maximum absolute atomic E-state index is 6.24. The number of hydrogen-bond donors (Lipinski definition) is 0. The van der Waals surface area contributed by atoms with Gasteiger partial charge in [0.25, 0.3) is 0 Å². The number of pyridine rings is 1. The first-order chi connectivity index (χ1) is 13.8. The van der Waals surface area contributed by atoms with Gasteiger partial charge >= 0.3 is 0 Å². The Morgan fingerprint density at radius 2 is 1.57 bits per heavy atom. The van der Waals surface area contributed by atoms with Gasteiger partial charge in [0, 0.05) is 11.8 Å². The number of aryl methyl sites for hydroxylation is 2. The molecule has 0 N–H and O–H groups in total. The number of ether oxygens (including phenoxy) is 3. The number of aromatic nitrogens is 1. The molecular weight excluding hydrogens is 350 g/mol. The quantitative estimate of drug-likeness (QED) is 0.604. The van der Waals surface area contributed by atoms with Crippen molar-refractivity contribution in [2.75, 3.05) is 7.11 Å². The third kappa shape index (κ3) is 4.78. The fourth-order valence-electron chi connectivity index (χ4n) is 4.32. The summed E-state index contributed by atoms with van der Waals surface area (Å²) in [7, 11) is 1.71. The second-order valence-electron chi connectivity index (χ2n) is 8.00. The number of nitrogens with zero attached hydrogens (tertiary/aromatic N) is 1. The molecule has 1 heterocycles. The van der Waals surface area contributed by atoms with Crippen LogP contribution in [0.3, 0.4) is 0 Å². The highest BCUT2D eigenvalue weighted by molar-refractivity contribution is 5.43. The van der Waals surface area contributed by atoms with E-state index < -0.39 is 0 Å². The molecule has 0 atom stereocenters.